The van der Waals surface area contributed by atoms with Crippen LogP contribution in [0.1, 0.15) is 71.1 Å². The van der Waals surface area contributed by atoms with Crippen LogP contribution < -0.4 is 0 Å². The summed E-state index contributed by atoms with van der Waals surface area (Å²) in [7, 11) is 0. The van der Waals surface area contributed by atoms with Crippen LogP contribution in [0.4, 0.5) is 0 Å². The van der Waals surface area contributed by atoms with Crippen molar-refractivity contribution < 1.29 is 4.74 Å². The van der Waals surface area contributed by atoms with Gasteiger partial charge < -0.3 is 4.74 Å². The first-order chi connectivity index (χ1) is 7.91. The third kappa shape index (κ3) is 14.3. The summed E-state index contributed by atoms with van der Waals surface area (Å²) in [6.07, 6.45) is 13.2. The topological polar surface area (TPSA) is 9.23 Å². The molecule has 0 unspecified atom stereocenters. The average molecular weight is 246 g/mol. The van der Waals surface area contributed by atoms with Crippen LogP contribution >= 0.6 is 12.6 Å². The minimum atomic E-state index is 0.968. The number of thiol groups is 1. The predicted molar refractivity (Wildman–Crippen MR) is 76.5 cm³/mol. The van der Waals surface area contributed by atoms with E-state index in [1.165, 1.54) is 64.2 Å². The summed E-state index contributed by atoms with van der Waals surface area (Å²) in [5.41, 5.74) is 0. The van der Waals surface area contributed by atoms with Crippen molar-refractivity contribution in [3.8, 4) is 0 Å². The van der Waals surface area contributed by atoms with E-state index in [4.69, 9.17) is 4.74 Å². The first kappa shape index (κ1) is 16.3. The lowest BCUT2D eigenvalue weighted by Crippen LogP contribution is -1.96. The van der Waals surface area contributed by atoms with Gasteiger partial charge in [0, 0.05) is 13.2 Å². The molecule has 0 bridgehead atoms. The third-order valence-corrected chi connectivity index (χ3v) is 3.16. The average Bonchev–Trinajstić information content (AvgIpc) is 2.31. The van der Waals surface area contributed by atoms with Gasteiger partial charge in [0.2, 0.25) is 0 Å². The van der Waals surface area contributed by atoms with Crippen molar-refractivity contribution in [1.82, 2.24) is 0 Å². The normalized spacial score (nSPS) is 10.9. The Balaban J connectivity index is 2.83. The maximum absolute atomic E-state index is 5.57. The van der Waals surface area contributed by atoms with Gasteiger partial charge in [-0.3, -0.25) is 0 Å². The van der Waals surface area contributed by atoms with Crippen molar-refractivity contribution in [2.75, 3.05) is 19.0 Å². The zero-order chi connectivity index (χ0) is 11.9. The van der Waals surface area contributed by atoms with Crippen LogP contribution in [0.3, 0.4) is 0 Å². The molecular formula is C14H30OS. The van der Waals surface area contributed by atoms with Crippen molar-refractivity contribution in [2.24, 2.45) is 0 Å². The second-order valence-corrected chi connectivity index (χ2v) is 4.97. The molecule has 0 aromatic heterocycles. The van der Waals surface area contributed by atoms with Crippen LogP contribution in [-0.4, -0.2) is 19.0 Å². The standard InChI is InChI=1S/C14H30OS/c1-2-3-9-12-15-13-10-7-5-4-6-8-11-14-16/h16H,2-14H2,1H3. The summed E-state index contributed by atoms with van der Waals surface area (Å²) in [5, 5.41) is 0. The molecule has 2 heteroatoms. The minimum absolute atomic E-state index is 0.968. The second kappa shape index (κ2) is 15.3. The molecule has 1 nitrogen and oxygen atoms in total. The van der Waals surface area contributed by atoms with Gasteiger partial charge in [0.15, 0.2) is 0 Å². The highest BCUT2D eigenvalue weighted by molar-refractivity contribution is 7.80. The van der Waals surface area contributed by atoms with Crippen LogP contribution in [0.15, 0.2) is 0 Å². The van der Waals surface area contributed by atoms with Crippen LogP contribution in [0.5, 0.6) is 0 Å². The van der Waals surface area contributed by atoms with Gasteiger partial charge in [-0.15, -0.1) is 0 Å². The van der Waals surface area contributed by atoms with E-state index in [-0.39, 0.29) is 0 Å². The number of hydrogen-bond donors (Lipinski definition) is 1. The molecule has 0 heterocycles. The molecule has 0 atom stereocenters. The Hall–Kier alpha value is 0.310. The van der Waals surface area contributed by atoms with Crippen LogP contribution in [0, 0.1) is 0 Å². The fourth-order valence-corrected chi connectivity index (χ4v) is 1.98. The molecule has 0 aromatic rings. The Bertz CT molecular complexity index is 103. The highest BCUT2D eigenvalue weighted by Crippen LogP contribution is 2.07. The largest absolute Gasteiger partial charge is 0.381 e. The fraction of sp³-hybridized carbons (Fsp3) is 1.00. The van der Waals surface area contributed by atoms with E-state index >= 15 is 0 Å². The molecule has 0 N–H and O–H groups in total. The van der Waals surface area contributed by atoms with E-state index in [2.05, 4.69) is 19.6 Å². The van der Waals surface area contributed by atoms with Gasteiger partial charge in [-0.25, -0.2) is 0 Å². The van der Waals surface area contributed by atoms with Crippen molar-refractivity contribution in [3.63, 3.8) is 0 Å². The first-order valence-corrected chi connectivity index (χ1v) is 7.73. The van der Waals surface area contributed by atoms with Crippen molar-refractivity contribution in [1.29, 1.82) is 0 Å². The summed E-state index contributed by atoms with van der Waals surface area (Å²) in [4.78, 5) is 0. The Kier molecular flexibility index (Phi) is 15.6. The Morgan fingerprint density at radius 2 is 1.19 bits per heavy atom. The second-order valence-electron chi connectivity index (χ2n) is 4.52. The molecule has 0 fully saturated rings. The smallest absolute Gasteiger partial charge is 0.0466 e. The Morgan fingerprint density at radius 1 is 0.688 bits per heavy atom. The van der Waals surface area contributed by atoms with E-state index in [0.29, 0.717) is 0 Å². The Labute approximate surface area is 108 Å². The van der Waals surface area contributed by atoms with Crippen molar-refractivity contribution in [3.05, 3.63) is 0 Å². The fourth-order valence-electron chi connectivity index (χ4n) is 1.76. The summed E-state index contributed by atoms with van der Waals surface area (Å²) < 4.78 is 5.57. The van der Waals surface area contributed by atoms with Crippen LogP contribution in [0.25, 0.3) is 0 Å². The molecular weight excluding hydrogens is 216 g/mol. The maximum Gasteiger partial charge on any atom is 0.0466 e. The summed E-state index contributed by atoms with van der Waals surface area (Å²) in [5.74, 6) is 1.05. The number of unbranched alkanes of at least 4 members (excludes halogenated alkanes) is 8. The van der Waals surface area contributed by atoms with Crippen molar-refractivity contribution in [2.45, 2.75) is 71.1 Å². The Morgan fingerprint density at radius 3 is 1.75 bits per heavy atom. The number of hydrogen-bond acceptors (Lipinski definition) is 2. The lowest BCUT2D eigenvalue weighted by molar-refractivity contribution is 0.126. The minimum Gasteiger partial charge on any atom is -0.381 e. The zero-order valence-corrected chi connectivity index (χ0v) is 11.9. The number of rotatable bonds is 13. The molecule has 0 aliphatic heterocycles. The van der Waals surface area contributed by atoms with E-state index < -0.39 is 0 Å². The van der Waals surface area contributed by atoms with Gasteiger partial charge in [-0.05, 0) is 25.0 Å². The zero-order valence-electron chi connectivity index (χ0n) is 11.0. The SMILES string of the molecule is CCCCCOCCCCCCCCCS. The van der Waals surface area contributed by atoms with Gasteiger partial charge in [0.1, 0.15) is 0 Å². The lowest BCUT2D eigenvalue weighted by atomic mass is 10.1. The number of ether oxygens (including phenoxy) is 1. The van der Waals surface area contributed by atoms with E-state index in [1.54, 1.807) is 0 Å². The molecule has 16 heavy (non-hydrogen) atoms. The predicted octanol–water partition coefficient (Wildman–Crippen LogP) is 4.85. The molecule has 0 saturated carbocycles. The summed E-state index contributed by atoms with van der Waals surface area (Å²) in [6, 6.07) is 0. The molecule has 0 aliphatic carbocycles. The van der Waals surface area contributed by atoms with Gasteiger partial charge in [0.05, 0.1) is 0 Å². The molecule has 0 rings (SSSR count). The van der Waals surface area contributed by atoms with E-state index in [9.17, 15) is 0 Å². The molecule has 0 amide bonds. The van der Waals surface area contributed by atoms with Crippen LogP contribution in [-0.2, 0) is 4.74 Å². The lowest BCUT2D eigenvalue weighted by Gasteiger charge is -2.03. The molecule has 0 saturated heterocycles. The molecule has 0 spiro atoms. The van der Waals surface area contributed by atoms with Gasteiger partial charge in [-0.1, -0.05) is 51.9 Å². The molecule has 0 aliphatic rings. The highest BCUT2D eigenvalue weighted by atomic mass is 32.1. The van der Waals surface area contributed by atoms with E-state index in [1.807, 2.05) is 0 Å². The van der Waals surface area contributed by atoms with Gasteiger partial charge >= 0.3 is 0 Å². The van der Waals surface area contributed by atoms with Gasteiger partial charge in [-0.2, -0.15) is 12.6 Å². The van der Waals surface area contributed by atoms with E-state index in [0.717, 1.165) is 19.0 Å². The van der Waals surface area contributed by atoms with Gasteiger partial charge in [0.25, 0.3) is 0 Å². The quantitative estimate of drug-likeness (QED) is 0.361. The molecule has 0 aromatic carbocycles. The summed E-state index contributed by atoms with van der Waals surface area (Å²) in [6.45, 7) is 4.17. The van der Waals surface area contributed by atoms with Crippen molar-refractivity contribution >= 4 is 12.6 Å². The third-order valence-electron chi connectivity index (χ3n) is 2.84. The highest BCUT2D eigenvalue weighted by Gasteiger charge is 1.92. The monoisotopic (exact) mass is 246 g/mol. The maximum atomic E-state index is 5.57. The molecule has 0 radical (unpaired) electrons. The summed E-state index contributed by atoms with van der Waals surface area (Å²) >= 11 is 4.21. The first-order valence-electron chi connectivity index (χ1n) is 7.10. The van der Waals surface area contributed by atoms with Crippen LogP contribution in [0.2, 0.25) is 0 Å². The molecule has 98 valence electrons.